The zero-order chi connectivity index (χ0) is 8.81. The van der Waals surface area contributed by atoms with Crippen molar-refractivity contribution in [3.8, 4) is 0 Å². The van der Waals surface area contributed by atoms with Gasteiger partial charge in [0.25, 0.3) is 5.91 Å². The van der Waals surface area contributed by atoms with Crippen molar-refractivity contribution in [1.82, 2.24) is 5.43 Å². The molecule has 0 unspecified atom stereocenters. The molecular formula is C9H14N2O. The molecule has 3 heteroatoms. The quantitative estimate of drug-likeness (QED) is 0.500. The second-order valence-electron chi connectivity index (χ2n) is 2.85. The molecule has 1 heterocycles. The summed E-state index contributed by atoms with van der Waals surface area (Å²) in [5.41, 5.74) is 3.07. The minimum Gasteiger partial charge on any atom is -0.267 e. The van der Waals surface area contributed by atoms with Crippen molar-refractivity contribution in [2.45, 2.75) is 32.6 Å². The van der Waals surface area contributed by atoms with Crippen LogP contribution in [0.5, 0.6) is 0 Å². The highest BCUT2D eigenvalue weighted by molar-refractivity contribution is 6.15. The summed E-state index contributed by atoms with van der Waals surface area (Å²) in [6.45, 7) is 2.16. The molecule has 0 saturated carbocycles. The van der Waals surface area contributed by atoms with Gasteiger partial charge < -0.3 is 0 Å². The Labute approximate surface area is 72.5 Å². The second-order valence-corrected chi connectivity index (χ2v) is 2.85. The van der Waals surface area contributed by atoms with Gasteiger partial charge in [-0.15, -0.1) is 0 Å². The van der Waals surface area contributed by atoms with E-state index in [1.807, 2.05) is 6.08 Å². The van der Waals surface area contributed by atoms with Crippen LogP contribution in [0.25, 0.3) is 0 Å². The van der Waals surface area contributed by atoms with Gasteiger partial charge in [0, 0.05) is 0 Å². The van der Waals surface area contributed by atoms with Gasteiger partial charge in [-0.1, -0.05) is 25.8 Å². The first-order valence-corrected chi connectivity index (χ1v) is 4.38. The minimum absolute atomic E-state index is 0.0773. The van der Waals surface area contributed by atoms with Crippen molar-refractivity contribution < 1.29 is 4.79 Å². The van der Waals surface area contributed by atoms with Crippen LogP contribution in [0, 0.1) is 0 Å². The Morgan fingerprint density at radius 3 is 3.00 bits per heavy atom. The van der Waals surface area contributed by atoms with Gasteiger partial charge in [0.05, 0.1) is 11.8 Å². The molecule has 1 aliphatic rings. The predicted molar refractivity (Wildman–Crippen MR) is 48.9 cm³/mol. The first-order chi connectivity index (χ1) is 5.84. The molecule has 1 rings (SSSR count). The van der Waals surface area contributed by atoms with Crippen molar-refractivity contribution in [2.24, 2.45) is 5.10 Å². The van der Waals surface area contributed by atoms with Gasteiger partial charge in [-0.3, -0.25) is 4.79 Å². The van der Waals surface area contributed by atoms with Crippen LogP contribution in [-0.4, -0.2) is 12.1 Å². The Morgan fingerprint density at radius 2 is 2.42 bits per heavy atom. The summed E-state index contributed by atoms with van der Waals surface area (Å²) in [5.74, 6) is -0.0773. The van der Waals surface area contributed by atoms with E-state index < -0.39 is 0 Å². The van der Waals surface area contributed by atoms with Crippen molar-refractivity contribution in [3.05, 3.63) is 11.6 Å². The van der Waals surface area contributed by atoms with Crippen molar-refractivity contribution >= 4 is 12.1 Å². The van der Waals surface area contributed by atoms with E-state index in [1.54, 1.807) is 6.21 Å². The molecule has 0 aliphatic carbocycles. The first kappa shape index (κ1) is 8.97. The maximum atomic E-state index is 10.9. The number of hydrazone groups is 1. The molecule has 3 nitrogen and oxygen atoms in total. The smallest absolute Gasteiger partial charge is 0.267 e. The normalized spacial score (nSPS) is 18.8. The summed E-state index contributed by atoms with van der Waals surface area (Å²) in [6, 6.07) is 0. The molecule has 1 amide bonds. The van der Waals surface area contributed by atoms with E-state index in [0.29, 0.717) is 5.57 Å². The highest BCUT2D eigenvalue weighted by Crippen LogP contribution is 2.04. The summed E-state index contributed by atoms with van der Waals surface area (Å²) < 4.78 is 0. The monoisotopic (exact) mass is 166 g/mol. The van der Waals surface area contributed by atoms with Gasteiger partial charge in [-0.2, -0.15) is 5.10 Å². The number of carbonyl (C=O) groups is 1. The van der Waals surface area contributed by atoms with Gasteiger partial charge in [0.1, 0.15) is 0 Å². The van der Waals surface area contributed by atoms with E-state index in [-0.39, 0.29) is 5.91 Å². The van der Waals surface area contributed by atoms with Crippen LogP contribution in [0.4, 0.5) is 0 Å². The number of hydrogen-bond donors (Lipinski definition) is 1. The number of carbonyl (C=O) groups excluding carboxylic acids is 1. The number of hydrogen-bond acceptors (Lipinski definition) is 2. The number of amides is 1. The molecule has 1 aliphatic heterocycles. The Balaban J connectivity index is 2.27. The summed E-state index contributed by atoms with van der Waals surface area (Å²) >= 11 is 0. The highest BCUT2D eigenvalue weighted by Gasteiger charge is 2.10. The van der Waals surface area contributed by atoms with Gasteiger partial charge in [0.2, 0.25) is 0 Å². The number of allylic oxidation sites excluding steroid dienone is 1. The molecule has 0 spiro atoms. The maximum Gasteiger partial charge on any atom is 0.272 e. The average Bonchev–Trinajstić information content (AvgIpc) is 2.46. The summed E-state index contributed by atoms with van der Waals surface area (Å²) in [7, 11) is 0. The van der Waals surface area contributed by atoms with E-state index >= 15 is 0 Å². The Morgan fingerprint density at radius 1 is 1.58 bits per heavy atom. The zero-order valence-electron chi connectivity index (χ0n) is 7.34. The van der Waals surface area contributed by atoms with Crippen LogP contribution in [0.15, 0.2) is 16.8 Å². The molecular weight excluding hydrogens is 152 g/mol. The van der Waals surface area contributed by atoms with Gasteiger partial charge in [0.15, 0.2) is 0 Å². The summed E-state index contributed by atoms with van der Waals surface area (Å²) in [6.07, 6.45) is 8.09. The standard InChI is InChI=1S/C9H14N2O/c1-2-3-4-5-6-8-7-10-11-9(8)12/h6-7H,2-5H2,1H3,(H,11,12)/b8-6+. The molecule has 12 heavy (non-hydrogen) atoms. The van der Waals surface area contributed by atoms with Crippen molar-refractivity contribution in [3.63, 3.8) is 0 Å². The zero-order valence-corrected chi connectivity index (χ0v) is 7.34. The topological polar surface area (TPSA) is 41.5 Å². The molecule has 0 bridgehead atoms. The van der Waals surface area contributed by atoms with Crippen LogP contribution in [-0.2, 0) is 4.79 Å². The third-order valence-corrected chi connectivity index (χ3v) is 1.80. The number of nitrogens with zero attached hydrogens (tertiary/aromatic N) is 1. The van der Waals surface area contributed by atoms with Crippen LogP contribution < -0.4 is 5.43 Å². The third kappa shape index (κ3) is 2.49. The molecule has 0 atom stereocenters. The lowest BCUT2D eigenvalue weighted by atomic mass is 10.1. The first-order valence-electron chi connectivity index (χ1n) is 4.38. The Bertz CT molecular complexity index is 219. The molecule has 0 radical (unpaired) electrons. The molecule has 0 saturated heterocycles. The molecule has 0 fully saturated rings. The van der Waals surface area contributed by atoms with E-state index in [2.05, 4.69) is 17.5 Å². The fraction of sp³-hybridized carbons (Fsp3) is 0.556. The van der Waals surface area contributed by atoms with Crippen LogP contribution >= 0.6 is 0 Å². The minimum atomic E-state index is -0.0773. The predicted octanol–water partition coefficient (Wildman–Crippen LogP) is 1.61. The van der Waals surface area contributed by atoms with Crippen molar-refractivity contribution in [1.29, 1.82) is 0 Å². The number of unbranched alkanes of at least 4 members (excludes halogenated alkanes) is 3. The SMILES string of the molecule is CCCCC/C=C1\C=NNC1=O. The highest BCUT2D eigenvalue weighted by atomic mass is 16.2. The maximum absolute atomic E-state index is 10.9. The van der Waals surface area contributed by atoms with Crippen molar-refractivity contribution in [2.75, 3.05) is 0 Å². The lowest BCUT2D eigenvalue weighted by Crippen LogP contribution is -2.11. The van der Waals surface area contributed by atoms with Crippen LogP contribution in [0.2, 0.25) is 0 Å². The van der Waals surface area contributed by atoms with E-state index in [9.17, 15) is 4.79 Å². The summed E-state index contributed by atoms with van der Waals surface area (Å²) in [5, 5.41) is 3.65. The average molecular weight is 166 g/mol. The molecule has 1 N–H and O–H groups in total. The Hall–Kier alpha value is -1.12. The van der Waals surface area contributed by atoms with Crippen LogP contribution in [0.1, 0.15) is 32.6 Å². The molecule has 66 valence electrons. The molecule has 0 aromatic heterocycles. The molecule has 0 aromatic carbocycles. The number of nitrogens with one attached hydrogen (secondary N) is 1. The lowest BCUT2D eigenvalue weighted by molar-refractivity contribution is -0.116. The van der Waals surface area contributed by atoms with Gasteiger partial charge >= 0.3 is 0 Å². The third-order valence-electron chi connectivity index (χ3n) is 1.80. The van der Waals surface area contributed by atoms with E-state index in [1.165, 1.54) is 12.8 Å². The molecule has 0 aromatic rings. The van der Waals surface area contributed by atoms with E-state index in [0.717, 1.165) is 12.8 Å². The Kier molecular flexibility index (Phi) is 3.51. The summed E-state index contributed by atoms with van der Waals surface area (Å²) in [4.78, 5) is 10.9. The largest absolute Gasteiger partial charge is 0.272 e. The fourth-order valence-electron chi connectivity index (χ4n) is 1.08. The van der Waals surface area contributed by atoms with E-state index in [4.69, 9.17) is 0 Å². The number of rotatable bonds is 4. The van der Waals surface area contributed by atoms with Crippen LogP contribution in [0.3, 0.4) is 0 Å². The lowest BCUT2D eigenvalue weighted by Gasteiger charge is -1.93. The fourth-order valence-corrected chi connectivity index (χ4v) is 1.08. The van der Waals surface area contributed by atoms with Gasteiger partial charge in [-0.05, 0) is 12.8 Å². The second kappa shape index (κ2) is 4.70. The van der Waals surface area contributed by atoms with Gasteiger partial charge in [-0.25, -0.2) is 5.43 Å².